The van der Waals surface area contributed by atoms with Gasteiger partial charge in [0.15, 0.2) is 17.7 Å². The maximum Gasteiger partial charge on any atom is 0.225 e. The van der Waals surface area contributed by atoms with E-state index < -0.39 is 40.7 Å². The topological polar surface area (TPSA) is 96.6 Å². The number of allylic oxidation sites excluding steroid dienone is 4. The third-order valence-corrected chi connectivity index (χ3v) is 10.8. The van der Waals surface area contributed by atoms with Gasteiger partial charge < -0.3 is 14.6 Å². The Morgan fingerprint density at radius 2 is 2.11 bits per heavy atom. The molecule has 194 valence electrons. The summed E-state index contributed by atoms with van der Waals surface area (Å²) in [6.07, 6.45) is 5.27. The molecule has 1 saturated heterocycles. The van der Waals surface area contributed by atoms with Crippen molar-refractivity contribution in [3.8, 4) is 6.07 Å². The van der Waals surface area contributed by atoms with Gasteiger partial charge in [0.25, 0.3) is 0 Å². The van der Waals surface area contributed by atoms with Crippen molar-refractivity contribution in [1.29, 1.82) is 5.26 Å². The largest absolute Gasteiger partial charge is 0.393 e. The highest BCUT2D eigenvalue weighted by Crippen LogP contribution is 2.71. The standard InChI is InChI=1S/C29H30FNO5S/c1-27-10-9-17(32)13-16(27)7-8-18-20-14-23-29(26(34)37-12-11-31,28(20,2)15-22(33)24(18)27)36-25(35-23)19-5-3-4-6-21(19)30/h3-6,9-10,13,18,20,22-25,33H,7-8,12,14-15H2,1-2H3/t18-,20-,22-,23+,24+,25?,27-,28-,29-/m0/s1. The molecule has 1 aromatic rings. The van der Waals surface area contributed by atoms with E-state index in [4.69, 9.17) is 9.47 Å². The first-order valence-electron chi connectivity index (χ1n) is 12.9. The van der Waals surface area contributed by atoms with Crippen LogP contribution in [0.25, 0.3) is 0 Å². The van der Waals surface area contributed by atoms with E-state index in [1.54, 1.807) is 30.4 Å². The molecule has 6 rings (SSSR count). The molecule has 0 bridgehead atoms. The van der Waals surface area contributed by atoms with Crippen LogP contribution in [-0.2, 0) is 19.1 Å². The Kier molecular flexibility index (Phi) is 5.81. The fraction of sp³-hybridized carbons (Fsp3) is 0.552. The number of aliphatic hydroxyl groups excluding tert-OH is 1. The van der Waals surface area contributed by atoms with Crippen LogP contribution in [0.1, 0.15) is 51.4 Å². The smallest absolute Gasteiger partial charge is 0.225 e. The van der Waals surface area contributed by atoms with Gasteiger partial charge in [0.05, 0.1) is 24.0 Å². The number of carbonyl (C=O) groups excluding carboxylic acids is 2. The van der Waals surface area contributed by atoms with Crippen LogP contribution in [0.3, 0.4) is 0 Å². The number of hydrogen-bond acceptors (Lipinski definition) is 7. The minimum atomic E-state index is -1.41. The number of rotatable bonds is 3. The van der Waals surface area contributed by atoms with Gasteiger partial charge in [0, 0.05) is 22.3 Å². The molecule has 4 aliphatic carbocycles. The van der Waals surface area contributed by atoms with E-state index in [9.17, 15) is 24.3 Å². The molecule has 9 atom stereocenters. The quantitative estimate of drug-likeness (QED) is 0.616. The molecule has 0 radical (unpaired) electrons. The number of aliphatic hydroxyl groups is 1. The van der Waals surface area contributed by atoms with Crippen molar-refractivity contribution in [2.45, 2.75) is 63.6 Å². The van der Waals surface area contributed by atoms with Crippen LogP contribution < -0.4 is 0 Å². The summed E-state index contributed by atoms with van der Waals surface area (Å²) in [6.45, 7) is 4.11. The molecule has 1 heterocycles. The third kappa shape index (κ3) is 3.34. The third-order valence-electron chi connectivity index (χ3n) is 9.97. The zero-order valence-corrected chi connectivity index (χ0v) is 21.7. The van der Waals surface area contributed by atoms with Crippen molar-refractivity contribution in [2.75, 3.05) is 5.75 Å². The Labute approximate surface area is 219 Å². The van der Waals surface area contributed by atoms with Crippen molar-refractivity contribution in [3.63, 3.8) is 0 Å². The van der Waals surface area contributed by atoms with Gasteiger partial charge in [0.1, 0.15) is 5.82 Å². The zero-order valence-electron chi connectivity index (χ0n) is 20.9. The van der Waals surface area contributed by atoms with Crippen LogP contribution in [0.4, 0.5) is 4.39 Å². The first-order chi connectivity index (χ1) is 17.7. The SMILES string of the molecule is C[C@]12C=CC(=O)C=C1CC[C@@H]1[C@@H]2[C@@H](O)C[C@@]2(C)[C@H]1C[C@H]1OC(c3ccccc3F)O[C@]12C(=O)SCC#N. The van der Waals surface area contributed by atoms with Crippen molar-refractivity contribution in [1.82, 2.24) is 0 Å². The Hall–Kier alpha value is -2.31. The number of ether oxygens (including phenoxy) is 2. The average Bonchev–Trinajstić information content (AvgIpc) is 3.36. The molecule has 6 nitrogen and oxygen atoms in total. The number of thioether (sulfide) groups is 1. The molecule has 3 saturated carbocycles. The van der Waals surface area contributed by atoms with Crippen molar-refractivity contribution in [3.05, 3.63) is 59.4 Å². The number of nitriles is 1. The Bertz CT molecular complexity index is 1270. The maximum absolute atomic E-state index is 14.7. The molecule has 0 aromatic heterocycles. The molecule has 8 heteroatoms. The predicted octanol–water partition coefficient (Wildman–Crippen LogP) is 4.65. The molecular formula is C29H30FNO5S. The number of halogens is 1. The van der Waals surface area contributed by atoms with Gasteiger partial charge in [-0.25, -0.2) is 4.39 Å². The average molecular weight is 524 g/mol. The van der Waals surface area contributed by atoms with Gasteiger partial charge in [-0.15, -0.1) is 0 Å². The molecular weight excluding hydrogens is 493 g/mol. The van der Waals surface area contributed by atoms with Crippen LogP contribution in [-0.4, -0.2) is 39.6 Å². The number of fused-ring (bicyclic) bond motifs is 7. The summed E-state index contributed by atoms with van der Waals surface area (Å²) in [5.74, 6) is -0.510. The number of hydrogen-bond donors (Lipinski definition) is 1. The van der Waals surface area contributed by atoms with E-state index in [-0.39, 0.29) is 40.0 Å². The first-order valence-corrected chi connectivity index (χ1v) is 13.9. The van der Waals surface area contributed by atoms with Crippen molar-refractivity contribution < 1.29 is 28.6 Å². The van der Waals surface area contributed by atoms with Gasteiger partial charge in [-0.1, -0.05) is 55.5 Å². The normalized spacial score (nSPS) is 43.8. The van der Waals surface area contributed by atoms with Gasteiger partial charge >= 0.3 is 0 Å². The van der Waals surface area contributed by atoms with E-state index in [1.165, 1.54) is 6.07 Å². The maximum atomic E-state index is 14.7. The predicted molar refractivity (Wildman–Crippen MR) is 134 cm³/mol. The van der Waals surface area contributed by atoms with E-state index in [0.29, 0.717) is 12.8 Å². The molecule has 0 amide bonds. The van der Waals surface area contributed by atoms with Gasteiger partial charge in [-0.3, -0.25) is 9.59 Å². The van der Waals surface area contributed by atoms with Crippen LogP contribution in [0.5, 0.6) is 0 Å². The van der Waals surface area contributed by atoms with E-state index >= 15 is 0 Å². The molecule has 1 unspecified atom stereocenters. The minimum absolute atomic E-state index is 0.0171. The Morgan fingerprint density at radius 3 is 2.86 bits per heavy atom. The van der Waals surface area contributed by atoms with Gasteiger partial charge in [-0.05, 0) is 55.7 Å². The lowest BCUT2D eigenvalue weighted by Gasteiger charge is -2.59. The summed E-state index contributed by atoms with van der Waals surface area (Å²) < 4.78 is 27.6. The summed E-state index contributed by atoms with van der Waals surface area (Å²) in [7, 11) is 0. The summed E-state index contributed by atoms with van der Waals surface area (Å²) in [6, 6.07) is 8.25. The summed E-state index contributed by atoms with van der Waals surface area (Å²) in [5.41, 5.74) is -1.32. The fourth-order valence-corrected chi connectivity index (χ4v) is 9.25. The lowest BCUT2D eigenvalue weighted by molar-refractivity contribution is -0.195. The lowest BCUT2D eigenvalue weighted by atomic mass is 9.46. The second-order valence-corrected chi connectivity index (χ2v) is 12.5. The zero-order chi connectivity index (χ0) is 26.2. The number of ketones is 1. The molecule has 4 fully saturated rings. The minimum Gasteiger partial charge on any atom is -0.393 e. The summed E-state index contributed by atoms with van der Waals surface area (Å²) >= 11 is 0.907. The van der Waals surface area contributed by atoms with Gasteiger partial charge in [-0.2, -0.15) is 5.26 Å². The van der Waals surface area contributed by atoms with Gasteiger partial charge in [0.2, 0.25) is 5.12 Å². The summed E-state index contributed by atoms with van der Waals surface area (Å²) in [4.78, 5) is 26.0. The van der Waals surface area contributed by atoms with E-state index in [2.05, 4.69) is 6.92 Å². The van der Waals surface area contributed by atoms with Crippen LogP contribution >= 0.6 is 11.8 Å². The van der Waals surface area contributed by atoms with E-state index in [1.807, 2.05) is 19.1 Å². The Morgan fingerprint density at radius 1 is 1.32 bits per heavy atom. The van der Waals surface area contributed by atoms with Crippen molar-refractivity contribution >= 4 is 22.7 Å². The monoisotopic (exact) mass is 523 g/mol. The second kappa shape index (κ2) is 8.60. The highest BCUT2D eigenvalue weighted by atomic mass is 32.2. The first kappa shape index (κ1) is 25.0. The highest BCUT2D eigenvalue weighted by Gasteiger charge is 2.76. The lowest BCUT2D eigenvalue weighted by Crippen LogP contribution is -2.62. The van der Waals surface area contributed by atoms with Crippen LogP contribution in [0.2, 0.25) is 0 Å². The van der Waals surface area contributed by atoms with Crippen molar-refractivity contribution in [2.24, 2.45) is 28.6 Å². The number of nitrogens with zero attached hydrogens (tertiary/aromatic N) is 1. The summed E-state index contributed by atoms with van der Waals surface area (Å²) in [5, 5.41) is 20.6. The molecule has 5 aliphatic rings. The number of benzene rings is 1. The molecule has 1 aliphatic heterocycles. The highest BCUT2D eigenvalue weighted by molar-refractivity contribution is 8.14. The second-order valence-electron chi connectivity index (χ2n) is 11.5. The van der Waals surface area contributed by atoms with E-state index in [0.717, 1.165) is 30.2 Å². The molecule has 1 aromatic carbocycles. The van der Waals surface area contributed by atoms with Crippen LogP contribution in [0.15, 0.2) is 48.1 Å². The molecule has 37 heavy (non-hydrogen) atoms. The van der Waals surface area contributed by atoms with Crippen LogP contribution in [0, 0.1) is 45.7 Å². The molecule has 1 N–H and O–H groups in total. The Balaban J connectivity index is 1.41. The molecule has 0 spiro atoms. The fourth-order valence-electron chi connectivity index (χ4n) is 8.43. The number of carbonyl (C=O) groups is 2.